The summed E-state index contributed by atoms with van der Waals surface area (Å²) in [6.45, 7) is 1.35. The van der Waals surface area contributed by atoms with Gasteiger partial charge < -0.3 is 14.5 Å². The van der Waals surface area contributed by atoms with Crippen LogP contribution >= 0.6 is 0 Å². The summed E-state index contributed by atoms with van der Waals surface area (Å²) in [4.78, 5) is 20.4. The number of thiol groups is 1. The first-order valence-corrected chi connectivity index (χ1v) is 9.97. The van der Waals surface area contributed by atoms with Gasteiger partial charge in [0.15, 0.2) is 0 Å². The lowest BCUT2D eigenvalue weighted by Gasteiger charge is -2.40. The van der Waals surface area contributed by atoms with Crippen molar-refractivity contribution in [2.24, 2.45) is 5.92 Å². The van der Waals surface area contributed by atoms with Gasteiger partial charge in [-0.3, -0.25) is 4.79 Å². The Morgan fingerprint density at radius 1 is 1.28 bits per heavy atom. The molecule has 0 radical (unpaired) electrons. The van der Waals surface area contributed by atoms with Gasteiger partial charge in [-0.2, -0.15) is 0 Å². The fourth-order valence-electron chi connectivity index (χ4n) is 3.03. The Morgan fingerprint density at radius 3 is 2.64 bits per heavy atom. The molecule has 0 spiro atoms. The molecule has 3 heterocycles. The van der Waals surface area contributed by atoms with Gasteiger partial charge in [0.25, 0.3) is 11.8 Å². The molecule has 1 aromatic rings. The molecule has 0 bridgehead atoms. The summed E-state index contributed by atoms with van der Waals surface area (Å²) in [5.41, 5.74) is 0.890. The van der Waals surface area contributed by atoms with Crippen LogP contribution in [0.25, 0.3) is 0 Å². The highest BCUT2D eigenvalue weighted by Gasteiger charge is 2.45. The number of pyridine rings is 1. The van der Waals surface area contributed by atoms with E-state index in [-0.39, 0.29) is 19.0 Å². The molecule has 1 aliphatic carbocycles. The highest BCUT2D eigenvalue weighted by atomic mass is 32.2. The number of carbonyl (C=O) groups excluding carboxylic acids is 1. The van der Waals surface area contributed by atoms with Gasteiger partial charge in [0, 0.05) is 0 Å². The van der Waals surface area contributed by atoms with Gasteiger partial charge in [-0.1, -0.05) is 0 Å². The molecule has 5 nitrogen and oxygen atoms in total. The van der Waals surface area contributed by atoms with E-state index in [0.29, 0.717) is 29.8 Å². The maximum atomic E-state index is 13.2. The smallest absolute Gasteiger partial charge is 0.282 e. The lowest BCUT2D eigenvalue weighted by Crippen LogP contribution is -2.56. The van der Waals surface area contributed by atoms with Gasteiger partial charge >= 0.3 is 0 Å². The van der Waals surface area contributed by atoms with Crippen LogP contribution in [0.2, 0.25) is 0 Å². The molecule has 1 saturated carbocycles. The number of aromatic nitrogens is 1. The van der Waals surface area contributed by atoms with E-state index < -0.39 is 5.92 Å². The Bertz CT molecular complexity index is 655. The lowest BCUT2D eigenvalue weighted by atomic mass is 10.1. The van der Waals surface area contributed by atoms with Crippen LogP contribution in [0.5, 0.6) is 5.88 Å². The Labute approximate surface area is 149 Å². The number of hydrogen-bond acceptors (Lipinski definition) is 4. The molecule has 2 aliphatic heterocycles. The Morgan fingerprint density at radius 2 is 2.00 bits per heavy atom. The molecule has 0 N–H and O–H groups in total. The van der Waals surface area contributed by atoms with Crippen molar-refractivity contribution in [2.75, 3.05) is 49.2 Å². The number of hydrogen-bond donors (Lipinski definition) is 0. The van der Waals surface area contributed by atoms with Crippen LogP contribution in [0.3, 0.4) is 0 Å². The normalized spacial score (nSPS) is 22.5. The number of nitrogens with zero attached hydrogens (tertiary/aromatic N) is 3. The highest BCUT2D eigenvalue weighted by Crippen LogP contribution is 2.38. The fraction of sp³-hybridized carbons (Fsp3) is 0.647. The molecule has 2 saturated heterocycles. The molecule has 3 aliphatic rings. The topological polar surface area (TPSA) is 45.7 Å². The predicted octanol–water partition coefficient (Wildman–Crippen LogP) is 1.60. The number of anilines is 1. The van der Waals surface area contributed by atoms with Crippen LogP contribution in [0.1, 0.15) is 23.3 Å². The minimum Gasteiger partial charge on any atom is -0.476 e. The van der Waals surface area contributed by atoms with Crippen molar-refractivity contribution in [3.05, 3.63) is 17.8 Å². The van der Waals surface area contributed by atoms with Crippen molar-refractivity contribution in [1.82, 2.24) is 9.88 Å². The van der Waals surface area contributed by atoms with Crippen molar-refractivity contribution in [3.8, 4) is 5.88 Å². The number of amides is 1. The van der Waals surface area contributed by atoms with Gasteiger partial charge in [-0.15, -0.1) is 0 Å². The van der Waals surface area contributed by atoms with E-state index in [2.05, 4.69) is 4.98 Å². The van der Waals surface area contributed by atoms with Crippen LogP contribution in [0, 0.1) is 5.92 Å². The quantitative estimate of drug-likeness (QED) is 0.583. The number of alkyl halides is 2. The van der Waals surface area contributed by atoms with Gasteiger partial charge in [-0.25, -0.2) is 13.8 Å². The van der Waals surface area contributed by atoms with Crippen LogP contribution in [0.4, 0.5) is 14.5 Å². The molecule has 4 rings (SSSR count). The van der Waals surface area contributed by atoms with Crippen molar-refractivity contribution in [2.45, 2.75) is 18.8 Å². The average Bonchev–Trinajstić information content (AvgIpc) is 3.42. The number of halogens is 2. The second-order valence-corrected chi connectivity index (χ2v) is 8.29. The van der Waals surface area contributed by atoms with E-state index in [4.69, 9.17) is 4.74 Å². The van der Waals surface area contributed by atoms with Crippen molar-refractivity contribution >= 4 is 23.4 Å². The highest BCUT2D eigenvalue weighted by molar-refractivity contribution is 7.78. The minimum absolute atomic E-state index is 0.105. The zero-order chi connectivity index (χ0) is 17.4. The van der Waals surface area contributed by atoms with Crippen molar-refractivity contribution in [3.63, 3.8) is 0 Å². The molecule has 3 fully saturated rings. The summed E-state index contributed by atoms with van der Waals surface area (Å²) in [6, 6.07) is 3.32. The van der Waals surface area contributed by atoms with E-state index in [0.717, 1.165) is 37.4 Å². The van der Waals surface area contributed by atoms with E-state index in [1.807, 2.05) is 0 Å². The lowest BCUT2D eigenvalue weighted by molar-refractivity contribution is -0.0265. The molecule has 0 unspecified atom stereocenters. The molecular weight excluding hydrogens is 348 g/mol. The van der Waals surface area contributed by atoms with E-state index >= 15 is 0 Å². The fourth-order valence-corrected chi connectivity index (χ4v) is 4.02. The molecule has 25 heavy (non-hydrogen) atoms. The summed E-state index contributed by atoms with van der Waals surface area (Å²) in [6.07, 6.45) is 2.26. The third kappa shape index (κ3) is 3.83. The van der Waals surface area contributed by atoms with E-state index in [1.54, 1.807) is 21.9 Å². The second-order valence-electron chi connectivity index (χ2n) is 6.95. The first-order valence-electron chi connectivity index (χ1n) is 8.71. The summed E-state index contributed by atoms with van der Waals surface area (Å²) in [5, 5.41) is 0. The summed E-state index contributed by atoms with van der Waals surface area (Å²) in [7, 11) is 0. The third-order valence-electron chi connectivity index (χ3n) is 4.74. The first-order chi connectivity index (χ1) is 12.0. The maximum Gasteiger partial charge on any atom is 0.282 e. The van der Waals surface area contributed by atoms with Gasteiger partial charge in [0.1, 0.15) is 22.9 Å². The number of rotatable bonds is 5. The largest absolute Gasteiger partial charge is 0.476 e. The Balaban J connectivity index is 1.53. The SMILES string of the molecule is O=C(c1ccc(N2CC(F)(F)C2)c(OCC2CC2)n1)N1CC[SH+]CC1. The standard InChI is InChI=1S/C17H21F2N3O2S/c18-17(19)10-22(11-17)14-4-3-13(16(23)21-5-7-25-8-6-21)20-15(14)24-9-12-1-2-12/h3-4,12H,1-2,5-11H2/p+1. The van der Waals surface area contributed by atoms with Crippen LogP contribution < -0.4 is 9.64 Å². The molecule has 0 atom stereocenters. The van der Waals surface area contributed by atoms with Gasteiger partial charge in [0.2, 0.25) is 5.88 Å². The molecule has 0 aromatic carbocycles. The van der Waals surface area contributed by atoms with E-state index in [9.17, 15) is 13.6 Å². The molecule has 1 aromatic heterocycles. The second kappa shape index (κ2) is 6.63. The van der Waals surface area contributed by atoms with Gasteiger partial charge in [0.05, 0.1) is 32.8 Å². The zero-order valence-corrected chi connectivity index (χ0v) is 14.9. The van der Waals surface area contributed by atoms with Crippen LogP contribution in [0.15, 0.2) is 12.1 Å². The van der Waals surface area contributed by atoms with Crippen molar-refractivity contribution < 1.29 is 18.3 Å². The van der Waals surface area contributed by atoms with Crippen LogP contribution in [-0.4, -0.2) is 66.0 Å². The molecule has 1 amide bonds. The number of ether oxygens (including phenoxy) is 1. The zero-order valence-electron chi connectivity index (χ0n) is 14.0. The first kappa shape index (κ1) is 16.9. The monoisotopic (exact) mass is 370 g/mol. The third-order valence-corrected chi connectivity index (χ3v) is 5.77. The number of carbonyl (C=O) groups is 1. The van der Waals surface area contributed by atoms with Crippen LogP contribution in [-0.2, 0) is 11.8 Å². The Kier molecular flexibility index (Phi) is 4.47. The van der Waals surface area contributed by atoms with Crippen molar-refractivity contribution in [1.29, 1.82) is 0 Å². The summed E-state index contributed by atoms with van der Waals surface area (Å²) >= 11 is 1.38. The maximum absolute atomic E-state index is 13.2. The molecule has 136 valence electrons. The Hall–Kier alpha value is -1.57. The van der Waals surface area contributed by atoms with E-state index in [1.165, 1.54) is 11.8 Å². The molecule has 8 heteroatoms. The average molecular weight is 370 g/mol. The predicted molar refractivity (Wildman–Crippen MR) is 94.0 cm³/mol. The minimum atomic E-state index is -2.66. The summed E-state index contributed by atoms with van der Waals surface area (Å²) < 4.78 is 32.2. The van der Waals surface area contributed by atoms with Gasteiger partial charge in [-0.05, 0) is 42.7 Å². The summed E-state index contributed by atoms with van der Waals surface area (Å²) in [5.74, 6) is 0.0352. The molecular formula is C17H22F2N3O2S+.